The van der Waals surface area contributed by atoms with E-state index in [2.05, 4.69) is 26.1 Å². The van der Waals surface area contributed by atoms with Gasteiger partial charge in [0.15, 0.2) is 0 Å². The van der Waals surface area contributed by atoms with Crippen LogP contribution in [0.25, 0.3) is 0 Å². The highest BCUT2D eigenvalue weighted by atomic mass is 79.9. The molecule has 106 valence electrons. The van der Waals surface area contributed by atoms with Crippen LogP contribution in [-0.4, -0.2) is 15.3 Å². The van der Waals surface area contributed by atoms with Crippen LogP contribution in [0.3, 0.4) is 0 Å². The normalized spacial score (nSPS) is 12.4. The molecule has 0 aliphatic carbocycles. The molecule has 0 spiro atoms. The van der Waals surface area contributed by atoms with Gasteiger partial charge in [-0.15, -0.1) is 0 Å². The SMILES string of the molecule is CCc1nnc(C)cc1C(O)Cc1ccc(F)cc1Br. The van der Waals surface area contributed by atoms with E-state index in [1.165, 1.54) is 12.1 Å². The molecule has 0 saturated carbocycles. The zero-order valence-corrected chi connectivity index (χ0v) is 13.0. The molecule has 1 aromatic carbocycles. The predicted molar refractivity (Wildman–Crippen MR) is 78.9 cm³/mol. The average Bonchev–Trinajstić information content (AvgIpc) is 2.41. The Morgan fingerprint density at radius 2 is 2.05 bits per heavy atom. The van der Waals surface area contributed by atoms with Crippen LogP contribution in [0.15, 0.2) is 28.7 Å². The topological polar surface area (TPSA) is 46.0 Å². The fraction of sp³-hybridized carbons (Fsp3) is 0.333. The molecule has 3 nitrogen and oxygen atoms in total. The first-order chi connectivity index (χ1) is 9.51. The number of hydrogen-bond donors (Lipinski definition) is 1. The standard InChI is InChI=1S/C15H16BrFN2O/c1-3-14-12(6-9(2)18-19-14)15(20)7-10-4-5-11(17)8-13(10)16/h4-6,8,15,20H,3,7H2,1-2H3. The molecule has 2 aromatic rings. The van der Waals surface area contributed by atoms with E-state index in [0.717, 1.165) is 22.5 Å². The molecule has 2 rings (SSSR count). The van der Waals surface area contributed by atoms with Crippen molar-refractivity contribution in [2.75, 3.05) is 0 Å². The van der Waals surface area contributed by atoms with E-state index in [1.807, 2.05) is 19.9 Å². The van der Waals surface area contributed by atoms with Crippen LogP contribution in [0.4, 0.5) is 4.39 Å². The number of rotatable bonds is 4. The Balaban J connectivity index is 2.27. The van der Waals surface area contributed by atoms with Crippen molar-refractivity contribution in [2.24, 2.45) is 0 Å². The van der Waals surface area contributed by atoms with Crippen LogP contribution >= 0.6 is 15.9 Å². The third kappa shape index (κ3) is 3.41. The minimum absolute atomic E-state index is 0.300. The van der Waals surface area contributed by atoms with E-state index in [4.69, 9.17) is 0 Å². The summed E-state index contributed by atoms with van der Waals surface area (Å²) in [5.74, 6) is -0.300. The van der Waals surface area contributed by atoms with Crippen molar-refractivity contribution in [3.63, 3.8) is 0 Å². The fourth-order valence-corrected chi connectivity index (χ4v) is 2.62. The first kappa shape index (κ1) is 15.1. The lowest BCUT2D eigenvalue weighted by Gasteiger charge is -2.15. The van der Waals surface area contributed by atoms with Gasteiger partial charge in [-0.25, -0.2) is 4.39 Å². The number of halogens is 2. The van der Waals surface area contributed by atoms with Gasteiger partial charge >= 0.3 is 0 Å². The van der Waals surface area contributed by atoms with Gasteiger partial charge in [-0.05, 0) is 37.1 Å². The summed E-state index contributed by atoms with van der Waals surface area (Å²) in [6, 6.07) is 6.33. The monoisotopic (exact) mass is 338 g/mol. The van der Waals surface area contributed by atoms with E-state index in [9.17, 15) is 9.50 Å². The maximum absolute atomic E-state index is 13.1. The summed E-state index contributed by atoms with van der Waals surface area (Å²) < 4.78 is 13.7. The molecule has 1 N–H and O–H groups in total. The van der Waals surface area contributed by atoms with Crippen LogP contribution in [0.5, 0.6) is 0 Å². The molecule has 0 amide bonds. The third-order valence-electron chi connectivity index (χ3n) is 3.15. The molecule has 0 bridgehead atoms. The van der Waals surface area contributed by atoms with Crippen molar-refractivity contribution in [1.29, 1.82) is 0 Å². The second kappa shape index (κ2) is 6.41. The van der Waals surface area contributed by atoms with Crippen LogP contribution in [-0.2, 0) is 12.8 Å². The van der Waals surface area contributed by atoms with Gasteiger partial charge in [0.1, 0.15) is 5.82 Å². The summed E-state index contributed by atoms with van der Waals surface area (Å²) >= 11 is 3.32. The summed E-state index contributed by atoms with van der Waals surface area (Å²) in [5.41, 5.74) is 3.21. The largest absolute Gasteiger partial charge is 0.388 e. The smallest absolute Gasteiger partial charge is 0.124 e. The van der Waals surface area contributed by atoms with Gasteiger partial charge in [0.05, 0.1) is 17.5 Å². The summed E-state index contributed by atoms with van der Waals surface area (Å²) in [4.78, 5) is 0. The summed E-state index contributed by atoms with van der Waals surface area (Å²) in [5, 5.41) is 18.5. The molecular formula is C15H16BrFN2O. The Morgan fingerprint density at radius 1 is 1.30 bits per heavy atom. The third-order valence-corrected chi connectivity index (χ3v) is 3.89. The number of aryl methyl sites for hydroxylation is 2. The lowest BCUT2D eigenvalue weighted by atomic mass is 9.99. The molecule has 0 saturated heterocycles. The number of aromatic nitrogens is 2. The highest BCUT2D eigenvalue weighted by molar-refractivity contribution is 9.10. The minimum atomic E-state index is -0.680. The Kier molecular flexibility index (Phi) is 4.83. The molecule has 5 heteroatoms. The number of aliphatic hydroxyl groups excluding tert-OH is 1. The van der Waals surface area contributed by atoms with Gasteiger partial charge in [0.2, 0.25) is 0 Å². The molecule has 1 aromatic heterocycles. The van der Waals surface area contributed by atoms with Gasteiger partial charge in [-0.3, -0.25) is 0 Å². The Morgan fingerprint density at radius 3 is 2.70 bits per heavy atom. The zero-order chi connectivity index (χ0) is 14.7. The van der Waals surface area contributed by atoms with E-state index in [1.54, 1.807) is 6.07 Å². The van der Waals surface area contributed by atoms with Crippen molar-refractivity contribution in [3.05, 3.63) is 57.1 Å². The predicted octanol–water partition coefficient (Wildman–Crippen LogP) is 3.53. The van der Waals surface area contributed by atoms with Gasteiger partial charge in [0.25, 0.3) is 0 Å². The van der Waals surface area contributed by atoms with E-state index < -0.39 is 6.10 Å². The van der Waals surface area contributed by atoms with Crippen molar-refractivity contribution < 1.29 is 9.50 Å². The zero-order valence-electron chi connectivity index (χ0n) is 11.4. The van der Waals surface area contributed by atoms with Crippen LogP contribution < -0.4 is 0 Å². The molecule has 20 heavy (non-hydrogen) atoms. The minimum Gasteiger partial charge on any atom is -0.388 e. The molecule has 1 heterocycles. The van der Waals surface area contributed by atoms with Crippen molar-refractivity contribution in [3.8, 4) is 0 Å². The van der Waals surface area contributed by atoms with Crippen LogP contribution in [0, 0.1) is 12.7 Å². The second-order valence-electron chi connectivity index (χ2n) is 4.70. The highest BCUT2D eigenvalue weighted by Gasteiger charge is 2.16. The number of aliphatic hydroxyl groups is 1. The lowest BCUT2D eigenvalue weighted by molar-refractivity contribution is 0.176. The lowest BCUT2D eigenvalue weighted by Crippen LogP contribution is -2.09. The maximum atomic E-state index is 13.1. The number of hydrogen-bond acceptors (Lipinski definition) is 3. The van der Waals surface area contributed by atoms with Gasteiger partial charge in [-0.2, -0.15) is 10.2 Å². The Hall–Kier alpha value is -1.33. The van der Waals surface area contributed by atoms with E-state index in [0.29, 0.717) is 17.3 Å². The molecule has 1 atom stereocenters. The molecular weight excluding hydrogens is 323 g/mol. The summed E-state index contributed by atoms with van der Waals surface area (Å²) in [7, 11) is 0. The summed E-state index contributed by atoms with van der Waals surface area (Å²) in [6.45, 7) is 3.82. The Labute approximate surface area is 126 Å². The molecule has 1 unspecified atom stereocenters. The number of nitrogens with zero attached hydrogens (tertiary/aromatic N) is 2. The van der Waals surface area contributed by atoms with Crippen LogP contribution in [0.2, 0.25) is 0 Å². The summed E-state index contributed by atoms with van der Waals surface area (Å²) in [6.07, 6.45) is 0.435. The van der Waals surface area contributed by atoms with Crippen molar-refractivity contribution in [1.82, 2.24) is 10.2 Å². The molecule has 0 radical (unpaired) electrons. The van der Waals surface area contributed by atoms with Gasteiger partial charge in [0, 0.05) is 16.5 Å². The molecule has 0 fully saturated rings. The first-order valence-corrected chi connectivity index (χ1v) is 7.25. The quantitative estimate of drug-likeness (QED) is 0.927. The molecule has 0 aliphatic heterocycles. The first-order valence-electron chi connectivity index (χ1n) is 6.46. The van der Waals surface area contributed by atoms with Crippen LogP contribution in [0.1, 0.15) is 35.5 Å². The number of benzene rings is 1. The highest BCUT2D eigenvalue weighted by Crippen LogP contribution is 2.26. The van der Waals surface area contributed by atoms with Gasteiger partial charge in [-0.1, -0.05) is 28.9 Å². The fourth-order valence-electron chi connectivity index (χ4n) is 2.10. The van der Waals surface area contributed by atoms with E-state index in [-0.39, 0.29) is 5.82 Å². The van der Waals surface area contributed by atoms with E-state index >= 15 is 0 Å². The van der Waals surface area contributed by atoms with Crippen molar-refractivity contribution in [2.45, 2.75) is 32.8 Å². The molecule has 0 aliphatic rings. The maximum Gasteiger partial charge on any atom is 0.124 e. The van der Waals surface area contributed by atoms with Crippen molar-refractivity contribution >= 4 is 15.9 Å². The second-order valence-corrected chi connectivity index (χ2v) is 5.55. The van der Waals surface area contributed by atoms with Gasteiger partial charge < -0.3 is 5.11 Å². The Bertz CT molecular complexity index is 619. The average molecular weight is 339 g/mol.